The lowest BCUT2D eigenvalue weighted by atomic mass is 10.1. The van der Waals surface area contributed by atoms with Crippen molar-refractivity contribution >= 4 is 6.21 Å². The zero-order valence-corrected chi connectivity index (χ0v) is 7.25. The molecule has 1 rings (SSSR count). The van der Waals surface area contributed by atoms with Crippen LogP contribution in [0.3, 0.4) is 0 Å². The van der Waals surface area contributed by atoms with Gasteiger partial charge in [-0.15, -0.1) is 0 Å². The maximum atomic E-state index is 4.30. The number of aliphatic imine (C=N–C) groups is 1. The van der Waals surface area contributed by atoms with Crippen molar-refractivity contribution < 1.29 is 0 Å². The Morgan fingerprint density at radius 1 is 1.73 bits per heavy atom. The van der Waals surface area contributed by atoms with Gasteiger partial charge in [-0.05, 0) is 24.8 Å². The molecule has 0 spiro atoms. The Morgan fingerprint density at radius 2 is 2.55 bits per heavy atom. The van der Waals surface area contributed by atoms with E-state index < -0.39 is 0 Å². The second-order valence-electron chi connectivity index (χ2n) is 2.93. The number of allylic oxidation sites excluding steroid dienone is 3. The lowest BCUT2D eigenvalue weighted by Crippen LogP contribution is -1.98. The molecule has 0 fully saturated rings. The molecule has 0 amide bonds. The molecule has 1 heterocycles. The van der Waals surface area contributed by atoms with E-state index in [1.54, 1.807) is 0 Å². The predicted octanol–water partition coefficient (Wildman–Crippen LogP) is 2.95. The molecule has 0 aromatic rings. The highest BCUT2D eigenvalue weighted by Crippen LogP contribution is 2.12. The van der Waals surface area contributed by atoms with Crippen LogP contribution in [-0.2, 0) is 0 Å². The predicted molar refractivity (Wildman–Crippen MR) is 49.8 cm³/mol. The Bertz CT molecular complexity index is 195. The molecule has 0 saturated heterocycles. The van der Waals surface area contributed by atoms with Crippen molar-refractivity contribution in [2.24, 2.45) is 10.9 Å². The fourth-order valence-electron chi connectivity index (χ4n) is 0.983. The van der Waals surface area contributed by atoms with E-state index in [0.29, 0.717) is 5.92 Å². The standard InChI is InChI=1S/C10H15N/c1-3-4-5-10-7-6-9(2)8-11-10/h4-5,7-9H,3,6H2,1-2H3/b5-4-. The summed E-state index contributed by atoms with van der Waals surface area (Å²) in [7, 11) is 0. The second kappa shape index (κ2) is 4.12. The molecule has 0 aromatic heterocycles. The lowest BCUT2D eigenvalue weighted by Gasteiger charge is -2.07. The third kappa shape index (κ3) is 2.71. The minimum atomic E-state index is 0.619. The monoisotopic (exact) mass is 149 g/mol. The van der Waals surface area contributed by atoms with Crippen LogP contribution >= 0.6 is 0 Å². The van der Waals surface area contributed by atoms with Gasteiger partial charge in [0.1, 0.15) is 0 Å². The van der Waals surface area contributed by atoms with Crippen LogP contribution in [0, 0.1) is 5.92 Å². The van der Waals surface area contributed by atoms with E-state index in [0.717, 1.165) is 18.5 Å². The van der Waals surface area contributed by atoms with Crippen LogP contribution in [-0.4, -0.2) is 6.21 Å². The quantitative estimate of drug-likeness (QED) is 0.572. The molecule has 1 aliphatic heterocycles. The van der Waals surface area contributed by atoms with Crippen molar-refractivity contribution in [3.8, 4) is 0 Å². The largest absolute Gasteiger partial charge is 0.261 e. The first-order valence-electron chi connectivity index (χ1n) is 4.24. The summed E-state index contributed by atoms with van der Waals surface area (Å²) >= 11 is 0. The van der Waals surface area contributed by atoms with Crippen LogP contribution in [0.5, 0.6) is 0 Å². The highest BCUT2D eigenvalue weighted by molar-refractivity contribution is 5.64. The molecule has 1 unspecified atom stereocenters. The van der Waals surface area contributed by atoms with E-state index in [9.17, 15) is 0 Å². The Hall–Kier alpha value is -0.850. The fourth-order valence-corrected chi connectivity index (χ4v) is 0.983. The van der Waals surface area contributed by atoms with E-state index in [-0.39, 0.29) is 0 Å². The van der Waals surface area contributed by atoms with Gasteiger partial charge in [0.05, 0.1) is 5.70 Å². The van der Waals surface area contributed by atoms with E-state index >= 15 is 0 Å². The van der Waals surface area contributed by atoms with E-state index in [1.807, 2.05) is 6.21 Å². The van der Waals surface area contributed by atoms with E-state index in [2.05, 4.69) is 37.1 Å². The maximum absolute atomic E-state index is 4.30. The van der Waals surface area contributed by atoms with E-state index in [1.165, 1.54) is 0 Å². The second-order valence-corrected chi connectivity index (χ2v) is 2.93. The molecule has 1 atom stereocenters. The summed E-state index contributed by atoms with van der Waals surface area (Å²) in [6.45, 7) is 4.31. The average Bonchev–Trinajstić information content (AvgIpc) is 2.04. The zero-order chi connectivity index (χ0) is 8.10. The summed E-state index contributed by atoms with van der Waals surface area (Å²) in [4.78, 5) is 4.30. The van der Waals surface area contributed by atoms with Crippen LogP contribution in [0.4, 0.5) is 0 Å². The Morgan fingerprint density at radius 3 is 3.09 bits per heavy atom. The first-order chi connectivity index (χ1) is 5.33. The Kier molecular flexibility index (Phi) is 3.09. The smallest absolute Gasteiger partial charge is 0.0583 e. The highest BCUT2D eigenvalue weighted by Gasteiger charge is 2.00. The number of hydrogen-bond acceptors (Lipinski definition) is 1. The molecular formula is C10H15N. The Balaban J connectivity index is 2.49. The van der Waals surface area contributed by atoms with Gasteiger partial charge in [-0.2, -0.15) is 0 Å². The van der Waals surface area contributed by atoms with Crippen molar-refractivity contribution in [1.29, 1.82) is 0 Å². The van der Waals surface area contributed by atoms with E-state index in [4.69, 9.17) is 0 Å². The lowest BCUT2D eigenvalue weighted by molar-refractivity contribution is 0.789. The minimum Gasteiger partial charge on any atom is -0.261 e. The van der Waals surface area contributed by atoms with Gasteiger partial charge in [0.15, 0.2) is 0 Å². The van der Waals surface area contributed by atoms with Crippen LogP contribution < -0.4 is 0 Å². The van der Waals surface area contributed by atoms with Crippen LogP contribution in [0.2, 0.25) is 0 Å². The van der Waals surface area contributed by atoms with Gasteiger partial charge in [0.2, 0.25) is 0 Å². The number of nitrogens with zero attached hydrogens (tertiary/aromatic N) is 1. The van der Waals surface area contributed by atoms with Crippen LogP contribution in [0.15, 0.2) is 28.9 Å². The highest BCUT2D eigenvalue weighted by atomic mass is 14.7. The summed E-state index contributed by atoms with van der Waals surface area (Å²) in [5, 5.41) is 0. The molecule has 11 heavy (non-hydrogen) atoms. The normalized spacial score (nSPS) is 24.2. The van der Waals surface area contributed by atoms with Gasteiger partial charge in [0.25, 0.3) is 0 Å². The van der Waals surface area contributed by atoms with Crippen molar-refractivity contribution in [2.45, 2.75) is 26.7 Å². The molecule has 1 aliphatic rings. The summed E-state index contributed by atoms with van der Waals surface area (Å²) < 4.78 is 0. The third-order valence-electron chi connectivity index (χ3n) is 1.70. The van der Waals surface area contributed by atoms with Gasteiger partial charge < -0.3 is 0 Å². The summed E-state index contributed by atoms with van der Waals surface area (Å²) in [6, 6.07) is 0. The third-order valence-corrected chi connectivity index (χ3v) is 1.70. The molecule has 60 valence electrons. The van der Waals surface area contributed by atoms with Crippen molar-refractivity contribution in [2.75, 3.05) is 0 Å². The van der Waals surface area contributed by atoms with Crippen molar-refractivity contribution in [1.82, 2.24) is 0 Å². The zero-order valence-electron chi connectivity index (χ0n) is 7.25. The molecule has 0 radical (unpaired) electrons. The molecular weight excluding hydrogens is 134 g/mol. The summed E-state index contributed by atoms with van der Waals surface area (Å²) in [5.41, 5.74) is 1.12. The maximum Gasteiger partial charge on any atom is 0.0583 e. The summed E-state index contributed by atoms with van der Waals surface area (Å²) in [5.74, 6) is 0.619. The molecule has 0 aliphatic carbocycles. The fraction of sp³-hybridized carbons (Fsp3) is 0.500. The molecule has 1 heteroatoms. The molecule has 0 aromatic carbocycles. The first-order valence-corrected chi connectivity index (χ1v) is 4.24. The van der Waals surface area contributed by atoms with Gasteiger partial charge in [-0.25, -0.2) is 0 Å². The van der Waals surface area contributed by atoms with Crippen molar-refractivity contribution in [3.05, 3.63) is 23.9 Å². The van der Waals surface area contributed by atoms with Gasteiger partial charge in [-0.3, -0.25) is 4.99 Å². The topological polar surface area (TPSA) is 12.4 Å². The molecule has 0 saturated carbocycles. The number of hydrogen-bond donors (Lipinski definition) is 0. The van der Waals surface area contributed by atoms with Crippen LogP contribution in [0.25, 0.3) is 0 Å². The average molecular weight is 149 g/mol. The first kappa shape index (κ1) is 8.25. The van der Waals surface area contributed by atoms with Crippen molar-refractivity contribution in [3.63, 3.8) is 0 Å². The summed E-state index contributed by atoms with van der Waals surface area (Å²) in [6.07, 6.45) is 10.7. The van der Waals surface area contributed by atoms with Gasteiger partial charge in [0, 0.05) is 6.21 Å². The Labute approximate surface area is 68.5 Å². The molecule has 1 nitrogen and oxygen atoms in total. The van der Waals surface area contributed by atoms with Crippen LogP contribution in [0.1, 0.15) is 26.7 Å². The molecule has 0 bridgehead atoms. The van der Waals surface area contributed by atoms with Gasteiger partial charge >= 0.3 is 0 Å². The SMILES string of the molecule is CC/C=C\C1=CCC(C)C=N1. The molecule has 0 N–H and O–H groups in total. The van der Waals surface area contributed by atoms with Gasteiger partial charge in [-0.1, -0.05) is 26.0 Å². The number of rotatable bonds is 2. The minimum absolute atomic E-state index is 0.619.